The van der Waals surface area contributed by atoms with Gasteiger partial charge in [-0.05, 0) is 12.8 Å². The Balaban J connectivity index is 2.15. The van der Waals surface area contributed by atoms with E-state index < -0.39 is 6.03 Å². The molecule has 1 fully saturated rings. The smallest absolute Gasteiger partial charge is 0.321 e. The fourth-order valence-electron chi connectivity index (χ4n) is 0.769. The molecule has 0 atom stereocenters. The van der Waals surface area contributed by atoms with Crippen molar-refractivity contribution >= 4 is 11.9 Å². The Bertz CT molecular complexity index is 209. The Labute approximate surface area is 71.0 Å². The zero-order valence-corrected chi connectivity index (χ0v) is 6.80. The summed E-state index contributed by atoms with van der Waals surface area (Å²) in [5.74, 6) is -0.101. The predicted octanol–water partition coefficient (Wildman–Crippen LogP) is 0.408. The number of imide groups is 1. The minimum atomic E-state index is -0.438. The van der Waals surface area contributed by atoms with Crippen LogP contribution in [0.15, 0.2) is 12.7 Å². The molecule has 0 unspecified atom stereocenters. The molecule has 12 heavy (non-hydrogen) atoms. The Hall–Kier alpha value is -1.32. The van der Waals surface area contributed by atoms with Crippen molar-refractivity contribution in [3.05, 3.63) is 12.7 Å². The first-order valence-electron chi connectivity index (χ1n) is 3.93. The van der Waals surface area contributed by atoms with E-state index in [1.165, 1.54) is 0 Å². The molecule has 0 heterocycles. The van der Waals surface area contributed by atoms with Crippen molar-refractivity contribution in [2.24, 2.45) is 5.92 Å². The molecule has 1 aliphatic carbocycles. The molecule has 4 heteroatoms. The third-order valence-electron chi connectivity index (χ3n) is 1.59. The Morgan fingerprint density at radius 1 is 1.50 bits per heavy atom. The van der Waals surface area contributed by atoms with Crippen LogP contribution in [0.3, 0.4) is 0 Å². The lowest BCUT2D eigenvalue weighted by Crippen LogP contribution is -2.40. The fraction of sp³-hybridized carbons (Fsp3) is 0.500. The highest BCUT2D eigenvalue weighted by atomic mass is 16.2. The molecule has 0 aromatic rings. The van der Waals surface area contributed by atoms with Gasteiger partial charge in [0.2, 0.25) is 5.91 Å². The van der Waals surface area contributed by atoms with Crippen LogP contribution in [0, 0.1) is 5.92 Å². The standard InChI is InChI=1S/C8H12N2O2/c1-2-5-9-8(12)10-7(11)6-3-4-6/h2,6H,1,3-5H2,(H2,9,10,11,12). The molecule has 0 bridgehead atoms. The van der Waals surface area contributed by atoms with Crippen LogP contribution < -0.4 is 10.6 Å². The quantitative estimate of drug-likeness (QED) is 0.599. The topological polar surface area (TPSA) is 58.2 Å². The molecule has 1 aliphatic rings. The van der Waals surface area contributed by atoms with Crippen molar-refractivity contribution in [2.75, 3.05) is 6.54 Å². The number of nitrogens with one attached hydrogen (secondary N) is 2. The lowest BCUT2D eigenvalue weighted by Gasteiger charge is -2.02. The highest BCUT2D eigenvalue weighted by Gasteiger charge is 2.30. The summed E-state index contributed by atoms with van der Waals surface area (Å²) in [5.41, 5.74) is 0. The number of carbonyl (C=O) groups is 2. The summed E-state index contributed by atoms with van der Waals surface area (Å²) in [5, 5.41) is 4.70. The predicted molar refractivity (Wildman–Crippen MR) is 44.5 cm³/mol. The number of rotatable bonds is 3. The van der Waals surface area contributed by atoms with Gasteiger partial charge in [-0.2, -0.15) is 0 Å². The molecule has 1 rings (SSSR count). The normalized spacial score (nSPS) is 15.0. The highest BCUT2D eigenvalue weighted by Crippen LogP contribution is 2.28. The van der Waals surface area contributed by atoms with Crippen molar-refractivity contribution < 1.29 is 9.59 Å². The maximum absolute atomic E-state index is 11.0. The third kappa shape index (κ3) is 2.74. The summed E-state index contributed by atoms with van der Waals surface area (Å²) in [6.07, 6.45) is 3.36. The van der Waals surface area contributed by atoms with E-state index in [0.717, 1.165) is 12.8 Å². The first-order valence-corrected chi connectivity index (χ1v) is 3.93. The van der Waals surface area contributed by atoms with E-state index >= 15 is 0 Å². The van der Waals surface area contributed by atoms with Crippen molar-refractivity contribution in [1.29, 1.82) is 0 Å². The minimum absolute atomic E-state index is 0.0690. The second-order valence-corrected chi connectivity index (χ2v) is 2.76. The van der Waals surface area contributed by atoms with Crippen LogP contribution >= 0.6 is 0 Å². The molecule has 0 aromatic carbocycles. The average molecular weight is 168 g/mol. The first-order chi connectivity index (χ1) is 5.74. The zero-order valence-electron chi connectivity index (χ0n) is 6.80. The van der Waals surface area contributed by atoms with Gasteiger partial charge in [-0.25, -0.2) is 4.79 Å². The van der Waals surface area contributed by atoms with Crippen LogP contribution in [0.5, 0.6) is 0 Å². The van der Waals surface area contributed by atoms with E-state index in [1.807, 2.05) is 0 Å². The van der Waals surface area contributed by atoms with E-state index in [1.54, 1.807) is 6.08 Å². The van der Waals surface area contributed by atoms with E-state index in [9.17, 15) is 9.59 Å². The van der Waals surface area contributed by atoms with Gasteiger partial charge in [0.1, 0.15) is 0 Å². The van der Waals surface area contributed by atoms with Gasteiger partial charge < -0.3 is 5.32 Å². The molecule has 0 radical (unpaired) electrons. The summed E-state index contributed by atoms with van der Waals surface area (Å²) >= 11 is 0. The maximum Gasteiger partial charge on any atom is 0.321 e. The SMILES string of the molecule is C=CCNC(=O)NC(=O)C1CC1. The van der Waals surface area contributed by atoms with E-state index in [0.29, 0.717) is 6.54 Å². The van der Waals surface area contributed by atoms with Gasteiger partial charge >= 0.3 is 6.03 Å². The summed E-state index contributed by atoms with van der Waals surface area (Å²) in [6.45, 7) is 3.81. The van der Waals surface area contributed by atoms with Gasteiger partial charge in [-0.15, -0.1) is 6.58 Å². The third-order valence-corrected chi connectivity index (χ3v) is 1.59. The number of carbonyl (C=O) groups excluding carboxylic acids is 2. The second kappa shape index (κ2) is 3.90. The molecule has 0 aromatic heterocycles. The Morgan fingerprint density at radius 3 is 2.67 bits per heavy atom. The first kappa shape index (κ1) is 8.77. The highest BCUT2D eigenvalue weighted by molar-refractivity contribution is 5.96. The zero-order chi connectivity index (χ0) is 8.97. The molecule has 66 valence electrons. The molecule has 0 aliphatic heterocycles. The molecular weight excluding hydrogens is 156 g/mol. The van der Waals surface area contributed by atoms with Crippen LogP contribution in [-0.4, -0.2) is 18.5 Å². The van der Waals surface area contributed by atoms with Crippen LogP contribution in [0.4, 0.5) is 4.79 Å². The van der Waals surface area contributed by atoms with Gasteiger partial charge in [0.15, 0.2) is 0 Å². The van der Waals surface area contributed by atoms with Gasteiger partial charge in [-0.3, -0.25) is 10.1 Å². The molecular formula is C8H12N2O2. The van der Waals surface area contributed by atoms with Gasteiger partial charge in [0.05, 0.1) is 0 Å². The molecule has 4 nitrogen and oxygen atoms in total. The summed E-state index contributed by atoms with van der Waals surface area (Å²) < 4.78 is 0. The lowest BCUT2D eigenvalue weighted by atomic mass is 10.4. The maximum atomic E-state index is 11.0. The number of amides is 3. The molecule has 3 amide bonds. The number of hydrogen-bond donors (Lipinski definition) is 2. The van der Waals surface area contributed by atoms with Gasteiger partial charge in [0, 0.05) is 12.5 Å². The van der Waals surface area contributed by atoms with Crippen molar-refractivity contribution in [1.82, 2.24) is 10.6 Å². The second-order valence-electron chi connectivity index (χ2n) is 2.76. The Kier molecular flexibility index (Phi) is 2.85. The van der Waals surface area contributed by atoms with E-state index in [2.05, 4.69) is 17.2 Å². The van der Waals surface area contributed by atoms with Gasteiger partial charge in [0.25, 0.3) is 0 Å². The Morgan fingerprint density at radius 2 is 2.17 bits per heavy atom. The number of hydrogen-bond acceptors (Lipinski definition) is 2. The molecule has 0 spiro atoms. The minimum Gasteiger partial charge on any atom is -0.334 e. The van der Waals surface area contributed by atoms with Crippen LogP contribution in [0.25, 0.3) is 0 Å². The van der Waals surface area contributed by atoms with E-state index in [-0.39, 0.29) is 11.8 Å². The van der Waals surface area contributed by atoms with Crippen molar-refractivity contribution in [3.63, 3.8) is 0 Å². The number of urea groups is 1. The summed E-state index contributed by atoms with van der Waals surface area (Å²) in [6, 6.07) is -0.438. The fourth-order valence-corrected chi connectivity index (χ4v) is 0.769. The van der Waals surface area contributed by atoms with Crippen molar-refractivity contribution in [3.8, 4) is 0 Å². The average Bonchev–Trinajstić information content (AvgIpc) is 2.82. The van der Waals surface area contributed by atoms with E-state index in [4.69, 9.17) is 0 Å². The monoisotopic (exact) mass is 168 g/mol. The van der Waals surface area contributed by atoms with Crippen LogP contribution in [-0.2, 0) is 4.79 Å². The van der Waals surface area contributed by atoms with Gasteiger partial charge in [-0.1, -0.05) is 6.08 Å². The molecule has 1 saturated carbocycles. The van der Waals surface area contributed by atoms with Crippen LogP contribution in [0.1, 0.15) is 12.8 Å². The summed E-state index contributed by atoms with van der Waals surface area (Å²) in [7, 11) is 0. The lowest BCUT2D eigenvalue weighted by molar-refractivity contribution is -0.121. The van der Waals surface area contributed by atoms with Crippen molar-refractivity contribution in [2.45, 2.75) is 12.8 Å². The molecule has 2 N–H and O–H groups in total. The summed E-state index contributed by atoms with van der Waals surface area (Å²) in [4.78, 5) is 21.8. The molecule has 0 saturated heterocycles. The largest absolute Gasteiger partial charge is 0.334 e. The van der Waals surface area contributed by atoms with Crippen LogP contribution in [0.2, 0.25) is 0 Å².